The molecule has 0 aliphatic carbocycles. The average Bonchev–Trinajstić information content (AvgIpc) is 3.18. The second-order valence-corrected chi connectivity index (χ2v) is 7.12. The number of carbonyl (C=O) groups is 2. The SMILES string of the molecule is COc1cccc(C(=O)Nc2c(C(=O)Nc3ccc(C)cc3)oc3ccccc23)c1OC. The lowest BCUT2D eigenvalue weighted by atomic mass is 10.1. The summed E-state index contributed by atoms with van der Waals surface area (Å²) in [6.07, 6.45) is 0. The Morgan fingerprint density at radius 2 is 1.56 bits per heavy atom. The van der Waals surface area contributed by atoms with Crippen molar-refractivity contribution in [3.63, 3.8) is 0 Å². The van der Waals surface area contributed by atoms with Crippen LogP contribution in [0, 0.1) is 6.92 Å². The number of rotatable bonds is 6. The molecule has 3 aromatic carbocycles. The summed E-state index contributed by atoms with van der Waals surface area (Å²) in [6.45, 7) is 1.96. The molecule has 2 N–H and O–H groups in total. The zero-order valence-corrected chi connectivity index (χ0v) is 17.9. The first-order valence-electron chi connectivity index (χ1n) is 9.93. The van der Waals surface area contributed by atoms with Crippen LogP contribution in [0.15, 0.2) is 71.1 Å². The van der Waals surface area contributed by atoms with Gasteiger partial charge in [-0.3, -0.25) is 9.59 Å². The van der Waals surface area contributed by atoms with Crippen molar-refractivity contribution in [1.82, 2.24) is 0 Å². The van der Waals surface area contributed by atoms with Crippen LogP contribution < -0.4 is 20.1 Å². The maximum absolute atomic E-state index is 13.2. The van der Waals surface area contributed by atoms with Gasteiger partial charge in [0, 0.05) is 11.1 Å². The van der Waals surface area contributed by atoms with E-state index in [0.29, 0.717) is 28.2 Å². The minimum atomic E-state index is -0.474. The Morgan fingerprint density at radius 1 is 0.812 bits per heavy atom. The van der Waals surface area contributed by atoms with Crippen molar-refractivity contribution in [3.8, 4) is 11.5 Å². The topological polar surface area (TPSA) is 89.8 Å². The number of ether oxygens (including phenoxy) is 2. The molecule has 7 heteroatoms. The number of hydrogen-bond acceptors (Lipinski definition) is 5. The smallest absolute Gasteiger partial charge is 0.293 e. The van der Waals surface area contributed by atoms with Crippen LogP contribution in [0.3, 0.4) is 0 Å². The van der Waals surface area contributed by atoms with E-state index < -0.39 is 11.8 Å². The van der Waals surface area contributed by atoms with Crippen molar-refractivity contribution < 1.29 is 23.5 Å². The predicted molar refractivity (Wildman–Crippen MR) is 123 cm³/mol. The van der Waals surface area contributed by atoms with Gasteiger partial charge in [0.15, 0.2) is 11.5 Å². The first-order valence-corrected chi connectivity index (χ1v) is 9.93. The number of nitrogens with one attached hydrogen (secondary N) is 2. The van der Waals surface area contributed by atoms with Crippen molar-refractivity contribution >= 4 is 34.2 Å². The molecule has 0 radical (unpaired) electrons. The molecule has 0 atom stereocenters. The Hall–Kier alpha value is -4.26. The Bertz CT molecular complexity index is 1290. The number of furan rings is 1. The number of carbonyl (C=O) groups excluding carboxylic acids is 2. The number of anilines is 2. The molecule has 0 aliphatic rings. The van der Waals surface area contributed by atoms with Crippen LogP contribution >= 0.6 is 0 Å². The minimum absolute atomic E-state index is 0.00184. The minimum Gasteiger partial charge on any atom is -0.493 e. The Morgan fingerprint density at radius 3 is 2.28 bits per heavy atom. The standard InChI is InChI=1S/C25H22N2O5/c1-15-11-13-16(14-12-15)26-25(29)23-21(17-7-4-5-9-19(17)32-23)27-24(28)18-8-6-10-20(30-2)22(18)31-3/h4-14H,1-3H3,(H,26,29)(H,27,28). The molecule has 7 nitrogen and oxygen atoms in total. The van der Waals surface area contributed by atoms with Crippen LogP contribution in [0.5, 0.6) is 11.5 Å². The lowest BCUT2D eigenvalue weighted by Gasteiger charge is -2.13. The Labute approximate surface area is 184 Å². The van der Waals surface area contributed by atoms with E-state index in [0.717, 1.165) is 5.56 Å². The highest BCUT2D eigenvalue weighted by atomic mass is 16.5. The summed E-state index contributed by atoms with van der Waals surface area (Å²) < 4.78 is 16.5. The molecule has 2 amide bonds. The van der Waals surface area contributed by atoms with Gasteiger partial charge in [0.25, 0.3) is 11.8 Å². The molecule has 162 valence electrons. The average molecular weight is 430 g/mol. The summed E-state index contributed by atoms with van der Waals surface area (Å²) in [5.74, 6) is -0.211. The van der Waals surface area contributed by atoms with Crippen molar-refractivity contribution in [2.45, 2.75) is 6.92 Å². The van der Waals surface area contributed by atoms with Crippen LogP contribution in [-0.2, 0) is 0 Å². The van der Waals surface area contributed by atoms with E-state index in [4.69, 9.17) is 13.9 Å². The first-order chi connectivity index (χ1) is 15.5. The molecule has 32 heavy (non-hydrogen) atoms. The van der Waals surface area contributed by atoms with E-state index in [1.165, 1.54) is 14.2 Å². The van der Waals surface area contributed by atoms with Crippen LogP contribution in [0.1, 0.15) is 26.5 Å². The van der Waals surface area contributed by atoms with Crippen LogP contribution in [0.25, 0.3) is 11.0 Å². The number of methoxy groups -OCH3 is 2. The maximum atomic E-state index is 13.2. The second-order valence-electron chi connectivity index (χ2n) is 7.12. The lowest BCUT2D eigenvalue weighted by molar-refractivity contribution is 0.0999. The third kappa shape index (κ3) is 4.00. The molecule has 0 spiro atoms. The van der Waals surface area contributed by atoms with Gasteiger partial charge in [-0.15, -0.1) is 0 Å². The van der Waals surface area contributed by atoms with Gasteiger partial charge in [-0.1, -0.05) is 35.9 Å². The number of para-hydroxylation sites is 2. The quantitative estimate of drug-likeness (QED) is 0.435. The highest BCUT2D eigenvalue weighted by molar-refractivity contribution is 6.17. The number of benzene rings is 3. The second kappa shape index (κ2) is 8.85. The van der Waals surface area contributed by atoms with Gasteiger partial charge in [0.05, 0.1) is 19.8 Å². The summed E-state index contributed by atoms with van der Waals surface area (Å²) in [7, 11) is 2.96. The van der Waals surface area contributed by atoms with E-state index in [1.807, 2.05) is 19.1 Å². The molecular weight excluding hydrogens is 408 g/mol. The van der Waals surface area contributed by atoms with Gasteiger partial charge in [-0.05, 0) is 43.3 Å². The first kappa shape index (κ1) is 21.0. The highest BCUT2D eigenvalue weighted by Crippen LogP contribution is 2.34. The molecule has 0 fully saturated rings. The Kier molecular flexibility index (Phi) is 5.81. The molecule has 0 saturated carbocycles. The predicted octanol–water partition coefficient (Wildman–Crippen LogP) is 5.26. The third-order valence-corrected chi connectivity index (χ3v) is 5.00. The van der Waals surface area contributed by atoms with Crippen molar-refractivity contribution in [2.75, 3.05) is 24.9 Å². The van der Waals surface area contributed by atoms with Crippen LogP contribution in [0.2, 0.25) is 0 Å². The van der Waals surface area contributed by atoms with Crippen LogP contribution in [0.4, 0.5) is 11.4 Å². The van der Waals surface area contributed by atoms with Gasteiger partial charge >= 0.3 is 0 Å². The van der Waals surface area contributed by atoms with Crippen LogP contribution in [-0.4, -0.2) is 26.0 Å². The normalized spacial score (nSPS) is 10.6. The third-order valence-electron chi connectivity index (χ3n) is 5.00. The number of fused-ring (bicyclic) bond motifs is 1. The molecule has 1 aromatic heterocycles. The lowest BCUT2D eigenvalue weighted by Crippen LogP contribution is -2.18. The summed E-state index contributed by atoms with van der Waals surface area (Å²) >= 11 is 0. The van der Waals surface area contributed by atoms with E-state index in [9.17, 15) is 9.59 Å². The number of amides is 2. The number of hydrogen-bond donors (Lipinski definition) is 2. The van der Waals surface area contributed by atoms with Gasteiger partial charge in [-0.2, -0.15) is 0 Å². The van der Waals surface area contributed by atoms with Crippen molar-refractivity contribution in [1.29, 1.82) is 0 Å². The van der Waals surface area contributed by atoms with Crippen molar-refractivity contribution in [3.05, 3.63) is 83.6 Å². The van der Waals surface area contributed by atoms with E-state index in [1.54, 1.807) is 54.6 Å². The van der Waals surface area contributed by atoms with Gasteiger partial charge in [0.2, 0.25) is 5.76 Å². The van der Waals surface area contributed by atoms with E-state index in [2.05, 4.69) is 10.6 Å². The molecule has 0 saturated heterocycles. The molecule has 0 aliphatic heterocycles. The highest BCUT2D eigenvalue weighted by Gasteiger charge is 2.24. The fourth-order valence-corrected chi connectivity index (χ4v) is 3.40. The molecule has 4 aromatic rings. The molecule has 1 heterocycles. The molecule has 4 rings (SSSR count). The summed E-state index contributed by atoms with van der Waals surface area (Å²) in [5, 5.41) is 6.24. The zero-order chi connectivity index (χ0) is 22.7. The fourth-order valence-electron chi connectivity index (χ4n) is 3.40. The Balaban J connectivity index is 1.71. The van der Waals surface area contributed by atoms with Crippen molar-refractivity contribution in [2.24, 2.45) is 0 Å². The number of aryl methyl sites for hydroxylation is 1. The maximum Gasteiger partial charge on any atom is 0.293 e. The molecule has 0 unspecified atom stereocenters. The zero-order valence-electron chi connectivity index (χ0n) is 17.9. The van der Waals surface area contributed by atoms with Gasteiger partial charge in [0.1, 0.15) is 11.3 Å². The monoisotopic (exact) mass is 430 g/mol. The van der Waals surface area contributed by atoms with E-state index >= 15 is 0 Å². The molecular formula is C25H22N2O5. The summed E-state index contributed by atoms with van der Waals surface area (Å²) in [5.41, 5.74) is 2.72. The summed E-state index contributed by atoms with van der Waals surface area (Å²) in [4.78, 5) is 26.2. The van der Waals surface area contributed by atoms with Gasteiger partial charge < -0.3 is 24.5 Å². The van der Waals surface area contributed by atoms with Gasteiger partial charge in [-0.25, -0.2) is 0 Å². The fraction of sp³-hybridized carbons (Fsp3) is 0.120. The largest absolute Gasteiger partial charge is 0.493 e. The molecule has 0 bridgehead atoms. The van der Waals surface area contributed by atoms with E-state index in [-0.39, 0.29) is 17.0 Å². The summed E-state index contributed by atoms with van der Waals surface area (Å²) in [6, 6.07) is 19.5.